The van der Waals surface area contributed by atoms with E-state index in [1.807, 2.05) is 24.6 Å². The summed E-state index contributed by atoms with van der Waals surface area (Å²) in [6.45, 7) is 29.4. The minimum absolute atomic E-state index is 0.00306. The van der Waals surface area contributed by atoms with Gasteiger partial charge in [-0.15, -0.1) is 0 Å². The second-order valence-electron chi connectivity index (χ2n) is 10.0. The quantitative estimate of drug-likeness (QED) is 0.353. The number of morpholine rings is 2. The molecule has 0 atom stereocenters. The number of hydrogen-bond donors (Lipinski definition) is 2. The molecule has 4 amide bonds. The number of likely N-dealkylation sites (tertiary alicyclic amines) is 1. The van der Waals surface area contributed by atoms with E-state index >= 15 is 0 Å². The lowest BCUT2D eigenvalue weighted by Gasteiger charge is -2.26. The average molecular weight is 660 g/mol. The summed E-state index contributed by atoms with van der Waals surface area (Å²) in [6, 6.07) is 0. The number of ether oxygens (including phenoxy) is 3. The maximum atomic E-state index is 10.9. The Morgan fingerprint density at radius 3 is 1.87 bits per heavy atom. The molecule has 0 saturated carbocycles. The van der Waals surface area contributed by atoms with Gasteiger partial charge in [0, 0.05) is 82.0 Å². The van der Waals surface area contributed by atoms with Gasteiger partial charge in [0.05, 0.1) is 33.0 Å². The number of carbonyl (C=O) groups excluding carboxylic acids is 4. The van der Waals surface area contributed by atoms with Gasteiger partial charge in [-0.25, -0.2) is 4.98 Å². The van der Waals surface area contributed by atoms with Crippen LogP contribution in [0.25, 0.3) is 6.20 Å². The summed E-state index contributed by atoms with van der Waals surface area (Å²) in [5.41, 5.74) is 10.7. The minimum Gasteiger partial charge on any atom is -0.379 e. The van der Waals surface area contributed by atoms with E-state index in [4.69, 9.17) is 25.7 Å². The summed E-state index contributed by atoms with van der Waals surface area (Å²) in [6.07, 6.45) is 9.96. The second kappa shape index (κ2) is 25.8. The van der Waals surface area contributed by atoms with Gasteiger partial charge in [0.25, 0.3) is 0 Å². The molecule has 3 aliphatic rings. The second-order valence-corrected chi connectivity index (χ2v) is 10.0. The van der Waals surface area contributed by atoms with Crippen molar-refractivity contribution in [2.75, 3.05) is 78.9 Å². The molecule has 1 aromatic rings. The molecule has 47 heavy (non-hydrogen) atoms. The zero-order valence-corrected chi connectivity index (χ0v) is 28.1. The zero-order valence-electron chi connectivity index (χ0n) is 28.1. The Balaban J connectivity index is 0.000000568. The lowest BCUT2D eigenvalue weighted by Crippen LogP contribution is -2.39. The molecular formula is C33H53N7O7. The number of amides is 4. The van der Waals surface area contributed by atoms with Crippen molar-refractivity contribution in [3.8, 4) is 0 Å². The first-order valence-corrected chi connectivity index (χ1v) is 15.3. The van der Waals surface area contributed by atoms with Crippen molar-refractivity contribution in [2.45, 2.75) is 26.7 Å². The highest BCUT2D eigenvalue weighted by atomic mass is 16.5. The van der Waals surface area contributed by atoms with Crippen molar-refractivity contribution in [2.24, 2.45) is 11.5 Å². The predicted octanol–water partition coefficient (Wildman–Crippen LogP) is 1.50. The van der Waals surface area contributed by atoms with Gasteiger partial charge in [-0.3, -0.25) is 24.1 Å². The average Bonchev–Trinajstić information content (AvgIpc) is 3.71. The Kier molecular flexibility index (Phi) is 23.4. The smallest absolute Gasteiger partial charge is 0.246 e. The van der Waals surface area contributed by atoms with Gasteiger partial charge in [-0.1, -0.05) is 32.9 Å². The number of hydrogen-bond acceptors (Lipinski definition) is 9. The van der Waals surface area contributed by atoms with Gasteiger partial charge < -0.3 is 40.0 Å². The van der Waals surface area contributed by atoms with E-state index in [2.05, 4.69) is 42.8 Å². The third-order valence-electron chi connectivity index (χ3n) is 6.58. The molecule has 14 heteroatoms. The number of nitrogens with two attached hydrogens (primary N) is 2. The molecule has 4 rings (SSSR count). The summed E-state index contributed by atoms with van der Waals surface area (Å²) in [5, 5.41) is 0. The highest BCUT2D eigenvalue weighted by Crippen LogP contribution is 2.08. The van der Waals surface area contributed by atoms with Gasteiger partial charge in [-0.2, -0.15) is 0 Å². The van der Waals surface area contributed by atoms with Crippen molar-refractivity contribution < 1.29 is 33.4 Å². The first kappa shape index (κ1) is 42.6. The lowest BCUT2D eigenvalue weighted by atomic mass is 10.2. The van der Waals surface area contributed by atoms with E-state index < -0.39 is 11.8 Å². The Labute approximate surface area is 279 Å². The molecule has 0 radical (unpaired) electrons. The lowest BCUT2D eigenvalue weighted by molar-refractivity contribution is -0.130. The fraction of sp³-hybridized carbons (Fsp3) is 0.485. The first-order valence-electron chi connectivity index (χ1n) is 15.3. The number of aryl methyl sites for hydroxylation is 1. The molecule has 0 aliphatic carbocycles. The third-order valence-corrected chi connectivity index (χ3v) is 6.58. The van der Waals surface area contributed by atoms with Gasteiger partial charge in [-0.05, 0) is 32.5 Å². The van der Waals surface area contributed by atoms with E-state index in [0.717, 1.165) is 45.1 Å². The summed E-state index contributed by atoms with van der Waals surface area (Å²) >= 11 is 0. The fourth-order valence-electron chi connectivity index (χ4n) is 3.76. The summed E-state index contributed by atoms with van der Waals surface area (Å²) < 4.78 is 16.9. The van der Waals surface area contributed by atoms with Gasteiger partial charge in [0.15, 0.2) is 0 Å². The van der Waals surface area contributed by atoms with Crippen LogP contribution in [-0.4, -0.2) is 127 Å². The fourth-order valence-corrected chi connectivity index (χ4v) is 3.76. The Hall–Kier alpha value is -4.37. The predicted molar refractivity (Wildman–Crippen MR) is 183 cm³/mol. The largest absolute Gasteiger partial charge is 0.379 e. The molecule has 0 bridgehead atoms. The van der Waals surface area contributed by atoms with E-state index in [1.165, 1.54) is 6.08 Å². The van der Waals surface area contributed by atoms with Crippen LogP contribution < -0.4 is 11.5 Å². The summed E-state index contributed by atoms with van der Waals surface area (Å²) in [4.78, 5) is 51.9. The third kappa shape index (κ3) is 19.7. The van der Waals surface area contributed by atoms with E-state index in [1.54, 1.807) is 28.4 Å². The Morgan fingerprint density at radius 2 is 1.51 bits per heavy atom. The SMILES string of the molecule is C=C(CN1CCOCC1)C(N)=O.C=C(COCC)C(N)=O.C=CC(=O)N1CCOCC1.C=CN1CCCC1=O.C=Cn1ccnc1C. The highest BCUT2D eigenvalue weighted by Gasteiger charge is 2.16. The van der Waals surface area contributed by atoms with Crippen LogP contribution in [0, 0.1) is 6.92 Å². The van der Waals surface area contributed by atoms with E-state index in [9.17, 15) is 19.2 Å². The van der Waals surface area contributed by atoms with E-state index in [0.29, 0.717) is 57.0 Å². The number of imidazole rings is 1. The summed E-state index contributed by atoms with van der Waals surface area (Å²) in [7, 11) is 0. The molecule has 262 valence electrons. The van der Waals surface area contributed by atoms with E-state index in [-0.39, 0.29) is 18.4 Å². The molecule has 4 N–H and O–H groups in total. The van der Waals surface area contributed by atoms with Crippen LogP contribution in [0.4, 0.5) is 0 Å². The molecule has 0 aromatic carbocycles. The molecule has 0 spiro atoms. The minimum atomic E-state index is -0.497. The monoisotopic (exact) mass is 659 g/mol. The van der Waals surface area contributed by atoms with Crippen molar-refractivity contribution in [3.05, 3.63) is 74.5 Å². The molecule has 3 aliphatic heterocycles. The van der Waals surface area contributed by atoms with Crippen LogP contribution in [0.3, 0.4) is 0 Å². The van der Waals surface area contributed by atoms with Crippen molar-refractivity contribution in [1.29, 1.82) is 0 Å². The molecule has 4 heterocycles. The van der Waals surface area contributed by atoms with Crippen LogP contribution in [0.15, 0.2) is 68.7 Å². The van der Waals surface area contributed by atoms with Crippen molar-refractivity contribution in [3.63, 3.8) is 0 Å². The molecule has 1 aromatic heterocycles. The highest BCUT2D eigenvalue weighted by molar-refractivity contribution is 5.92. The molecule has 0 unspecified atom stereocenters. The standard InChI is InChI=1S/C8H14N2O2.C7H11NO2.C6H8N2.C6H11NO2.C6H9NO/c1-7(8(9)11)6-10-2-4-12-5-3-10;1-2-7(9)8-3-5-10-6-4-8;1-3-8-5-4-7-6(8)2;1-3-9-4-5(2)6(7)8;1-2-7-5-3-4-6(7)8/h1-6H2,(H2,9,11);2H,1,3-6H2;3-5H,1H2,2H3;2-4H2,1H3,(H2,7,8);2H,1,3-5H2. The van der Waals surface area contributed by atoms with Gasteiger partial charge in [0.1, 0.15) is 5.82 Å². The van der Waals surface area contributed by atoms with Crippen molar-refractivity contribution >= 4 is 29.8 Å². The maximum absolute atomic E-state index is 10.9. The number of carbonyl (C=O) groups is 4. The molecule has 3 fully saturated rings. The Bertz CT molecular complexity index is 1170. The Morgan fingerprint density at radius 1 is 0.936 bits per heavy atom. The number of nitrogens with zero attached hydrogens (tertiary/aromatic N) is 5. The van der Waals surface area contributed by atoms with Crippen LogP contribution in [0.1, 0.15) is 25.6 Å². The maximum Gasteiger partial charge on any atom is 0.246 e. The van der Waals surface area contributed by atoms with Gasteiger partial charge >= 0.3 is 0 Å². The normalized spacial score (nSPS) is 15.4. The molecule has 3 saturated heterocycles. The number of aromatic nitrogens is 2. The van der Waals surface area contributed by atoms with Crippen LogP contribution >= 0.6 is 0 Å². The van der Waals surface area contributed by atoms with Crippen LogP contribution in [-0.2, 0) is 33.4 Å². The number of rotatable bonds is 10. The van der Waals surface area contributed by atoms with Crippen LogP contribution in [0.5, 0.6) is 0 Å². The first-order chi connectivity index (χ1) is 22.4. The molecular weight excluding hydrogens is 606 g/mol. The summed E-state index contributed by atoms with van der Waals surface area (Å²) in [5.74, 6) is 0.272. The topological polar surface area (TPSA) is 176 Å². The zero-order chi connectivity index (χ0) is 35.6. The van der Waals surface area contributed by atoms with Crippen molar-refractivity contribution in [1.82, 2.24) is 24.3 Å². The van der Waals surface area contributed by atoms with Crippen LogP contribution in [0.2, 0.25) is 0 Å². The van der Waals surface area contributed by atoms with Gasteiger partial charge in [0.2, 0.25) is 23.6 Å². The number of primary amides is 2. The molecule has 14 nitrogen and oxygen atoms in total.